The molecule has 1 amide bonds. The van der Waals surface area contributed by atoms with Gasteiger partial charge >= 0.3 is 0 Å². The fourth-order valence-corrected chi connectivity index (χ4v) is 2.13. The summed E-state index contributed by atoms with van der Waals surface area (Å²) in [6, 6.07) is 3.30. The minimum atomic E-state index is -0.781. The van der Waals surface area contributed by atoms with Crippen molar-refractivity contribution < 1.29 is 14.6 Å². The third-order valence-corrected chi connectivity index (χ3v) is 2.98. The van der Waals surface area contributed by atoms with Gasteiger partial charge in [-0.1, -0.05) is 0 Å². The molecule has 2 aliphatic heterocycles. The van der Waals surface area contributed by atoms with E-state index < -0.39 is 6.23 Å². The Labute approximate surface area is 104 Å². The molecule has 4 N–H and O–H groups in total. The van der Waals surface area contributed by atoms with E-state index in [-0.39, 0.29) is 18.6 Å². The Kier molecular flexibility index (Phi) is 2.57. The molecule has 1 unspecified atom stereocenters. The number of fused-ring (bicyclic) bond motifs is 1. The third-order valence-electron chi connectivity index (χ3n) is 2.98. The second-order valence-corrected chi connectivity index (χ2v) is 4.46. The second kappa shape index (κ2) is 4.11. The zero-order valence-corrected chi connectivity index (χ0v) is 9.67. The van der Waals surface area contributed by atoms with E-state index in [0.29, 0.717) is 30.4 Å². The standard InChI is InChI=1S/C11H14N4O3/c12-6-3-10(17)15(4-6)8-2-1-7-11(13-8)14-9(16)5-18-7/h1-2,6,9,16H,3-5,12H2,(H,13,14)/t6-,9?/m1/s1. The Bertz CT molecular complexity index is 493. The largest absolute Gasteiger partial charge is 0.485 e. The first-order valence-electron chi connectivity index (χ1n) is 5.78. The number of nitrogens with zero attached hydrogens (tertiary/aromatic N) is 2. The first-order valence-corrected chi connectivity index (χ1v) is 5.78. The number of nitrogens with two attached hydrogens (primary N) is 1. The van der Waals surface area contributed by atoms with Gasteiger partial charge < -0.3 is 20.9 Å². The van der Waals surface area contributed by atoms with Crippen LogP contribution in [0.4, 0.5) is 11.6 Å². The van der Waals surface area contributed by atoms with E-state index >= 15 is 0 Å². The molecule has 18 heavy (non-hydrogen) atoms. The molecule has 1 saturated heterocycles. The van der Waals surface area contributed by atoms with Crippen molar-refractivity contribution in [2.75, 3.05) is 23.4 Å². The molecule has 0 saturated carbocycles. The highest BCUT2D eigenvalue weighted by atomic mass is 16.5. The minimum Gasteiger partial charge on any atom is -0.485 e. The van der Waals surface area contributed by atoms with Gasteiger partial charge in [0.25, 0.3) is 0 Å². The molecule has 0 aliphatic carbocycles. The van der Waals surface area contributed by atoms with Crippen molar-refractivity contribution in [1.29, 1.82) is 0 Å². The third kappa shape index (κ3) is 1.87. The Morgan fingerprint density at radius 3 is 3.11 bits per heavy atom. The molecule has 2 atom stereocenters. The van der Waals surface area contributed by atoms with Gasteiger partial charge in [-0.25, -0.2) is 4.98 Å². The number of aliphatic hydroxyl groups excluding tert-OH is 1. The topological polar surface area (TPSA) is 101 Å². The number of carbonyl (C=O) groups excluding carboxylic acids is 1. The monoisotopic (exact) mass is 250 g/mol. The number of rotatable bonds is 1. The minimum absolute atomic E-state index is 0.0350. The van der Waals surface area contributed by atoms with Gasteiger partial charge in [0.1, 0.15) is 12.4 Å². The van der Waals surface area contributed by atoms with Crippen molar-refractivity contribution in [2.45, 2.75) is 18.7 Å². The van der Waals surface area contributed by atoms with E-state index in [0.717, 1.165) is 0 Å². The summed E-state index contributed by atoms with van der Waals surface area (Å²) in [6.07, 6.45) is -0.442. The molecule has 1 aromatic heterocycles. The number of amides is 1. The van der Waals surface area contributed by atoms with Gasteiger partial charge in [-0.3, -0.25) is 9.69 Å². The lowest BCUT2D eigenvalue weighted by atomic mass is 10.3. The first-order chi connectivity index (χ1) is 8.63. The first kappa shape index (κ1) is 11.2. The van der Waals surface area contributed by atoms with Crippen LogP contribution in [0.5, 0.6) is 5.75 Å². The number of ether oxygens (including phenoxy) is 1. The van der Waals surface area contributed by atoms with Gasteiger partial charge in [0.05, 0.1) is 0 Å². The number of hydrogen-bond acceptors (Lipinski definition) is 6. The van der Waals surface area contributed by atoms with Gasteiger partial charge in [0.15, 0.2) is 17.8 Å². The lowest BCUT2D eigenvalue weighted by Gasteiger charge is -2.24. The lowest BCUT2D eigenvalue weighted by Crippen LogP contribution is -2.33. The van der Waals surface area contributed by atoms with Gasteiger partial charge in [-0.15, -0.1) is 0 Å². The van der Waals surface area contributed by atoms with E-state index in [2.05, 4.69) is 10.3 Å². The lowest BCUT2D eigenvalue weighted by molar-refractivity contribution is -0.117. The SMILES string of the molecule is N[C@@H]1CC(=O)N(c2ccc3c(n2)NC(O)CO3)C1. The van der Waals surface area contributed by atoms with Crippen molar-refractivity contribution in [3.05, 3.63) is 12.1 Å². The van der Waals surface area contributed by atoms with Crippen LogP contribution in [0.25, 0.3) is 0 Å². The molecule has 1 fully saturated rings. The fourth-order valence-electron chi connectivity index (χ4n) is 2.13. The van der Waals surface area contributed by atoms with E-state index in [1.165, 1.54) is 0 Å². The molecular formula is C11H14N4O3. The number of anilines is 2. The highest BCUT2D eigenvalue weighted by Crippen LogP contribution is 2.30. The number of pyridine rings is 1. The average Bonchev–Trinajstić information content (AvgIpc) is 2.67. The summed E-state index contributed by atoms with van der Waals surface area (Å²) < 4.78 is 5.30. The summed E-state index contributed by atoms with van der Waals surface area (Å²) in [5.41, 5.74) is 5.74. The summed E-state index contributed by atoms with van der Waals surface area (Å²) in [7, 11) is 0. The van der Waals surface area contributed by atoms with Crippen molar-refractivity contribution >= 4 is 17.5 Å². The predicted molar refractivity (Wildman–Crippen MR) is 64.3 cm³/mol. The Hall–Kier alpha value is -1.86. The summed E-state index contributed by atoms with van der Waals surface area (Å²) in [5, 5.41) is 12.2. The Morgan fingerprint density at radius 2 is 2.39 bits per heavy atom. The Balaban J connectivity index is 1.90. The van der Waals surface area contributed by atoms with E-state index in [1.807, 2.05) is 0 Å². The van der Waals surface area contributed by atoms with Crippen LogP contribution < -0.4 is 20.7 Å². The molecule has 0 aromatic carbocycles. The zero-order valence-electron chi connectivity index (χ0n) is 9.67. The van der Waals surface area contributed by atoms with Gasteiger partial charge in [0, 0.05) is 19.0 Å². The van der Waals surface area contributed by atoms with Crippen LogP contribution in [0.3, 0.4) is 0 Å². The smallest absolute Gasteiger partial charge is 0.229 e. The summed E-state index contributed by atoms with van der Waals surface area (Å²) >= 11 is 0. The number of aliphatic hydroxyl groups is 1. The van der Waals surface area contributed by atoms with E-state index in [1.54, 1.807) is 17.0 Å². The molecule has 3 heterocycles. The van der Waals surface area contributed by atoms with Crippen LogP contribution in [0, 0.1) is 0 Å². The van der Waals surface area contributed by atoms with Crippen LogP contribution in [-0.2, 0) is 4.79 Å². The summed E-state index contributed by atoms with van der Waals surface area (Å²) in [4.78, 5) is 17.6. The zero-order chi connectivity index (χ0) is 12.7. The average molecular weight is 250 g/mol. The van der Waals surface area contributed by atoms with E-state index in [4.69, 9.17) is 10.5 Å². The van der Waals surface area contributed by atoms with Crippen LogP contribution in [-0.4, -0.2) is 41.4 Å². The van der Waals surface area contributed by atoms with Crippen LogP contribution in [0.15, 0.2) is 12.1 Å². The number of hydrogen-bond donors (Lipinski definition) is 3. The molecule has 96 valence electrons. The van der Waals surface area contributed by atoms with Crippen LogP contribution in [0.2, 0.25) is 0 Å². The molecule has 7 heteroatoms. The second-order valence-electron chi connectivity index (χ2n) is 4.46. The quantitative estimate of drug-likeness (QED) is 0.607. The van der Waals surface area contributed by atoms with Crippen LogP contribution >= 0.6 is 0 Å². The molecule has 0 bridgehead atoms. The number of aromatic nitrogens is 1. The molecule has 2 aliphatic rings. The molecule has 0 radical (unpaired) electrons. The van der Waals surface area contributed by atoms with Crippen molar-refractivity contribution in [3.63, 3.8) is 0 Å². The number of carbonyl (C=O) groups is 1. The van der Waals surface area contributed by atoms with E-state index in [9.17, 15) is 9.90 Å². The summed E-state index contributed by atoms with van der Waals surface area (Å²) in [6.45, 7) is 0.648. The molecule has 1 aromatic rings. The van der Waals surface area contributed by atoms with Crippen molar-refractivity contribution in [2.24, 2.45) is 5.73 Å². The van der Waals surface area contributed by atoms with Gasteiger partial charge in [-0.05, 0) is 12.1 Å². The normalized spacial score (nSPS) is 26.6. The van der Waals surface area contributed by atoms with Crippen molar-refractivity contribution in [3.8, 4) is 5.75 Å². The maximum atomic E-state index is 11.7. The molecule has 3 rings (SSSR count). The maximum Gasteiger partial charge on any atom is 0.229 e. The summed E-state index contributed by atoms with van der Waals surface area (Å²) in [5.74, 6) is 1.50. The fraction of sp³-hybridized carbons (Fsp3) is 0.455. The molecule has 0 spiro atoms. The Morgan fingerprint density at radius 1 is 1.56 bits per heavy atom. The predicted octanol–water partition coefficient (Wildman–Crippen LogP) is -0.732. The highest BCUT2D eigenvalue weighted by molar-refractivity contribution is 5.95. The molecular weight excluding hydrogens is 236 g/mol. The van der Waals surface area contributed by atoms with Gasteiger partial charge in [-0.2, -0.15) is 0 Å². The van der Waals surface area contributed by atoms with Crippen LogP contribution in [0.1, 0.15) is 6.42 Å². The van der Waals surface area contributed by atoms with Crippen molar-refractivity contribution in [1.82, 2.24) is 4.98 Å². The number of nitrogens with one attached hydrogen (secondary N) is 1. The molecule has 7 nitrogen and oxygen atoms in total. The maximum absolute atomic E-state index is 11.7. The van der Waals surface area contributed by atoms with Gasteiger partial charge in [0.2, 0.25) is 5.91 Å². The highest BCUT2D eigenvalue weighted by Gasteiger charge is 2.30.